The predicted molar refractivity (Wildman–Crippen MR) is 97.4 cm³/mol. The normalized spacial score (nSPS) is 12.3. The van der Waals surface area contributed by atoms with Crippen LogP contribution >= 0.6 is 11.3 Å². The first kappa shape index (κ1) is 16.7. The highest BCUT2D eigenvalue weighted by atomic mass is 32.1. The van der Waals surface area contributed by atoms with Crippen LogP contribution in [0.15, 0.2) is 42.0 Å². The minimum atomic E-state index is 0.320. The van der Waals surface area contributed by atoms with Crippen molar-refractivity contribution in [2.75, 3.05) is 7.11 Å². The summed E-state index contributed by atoms with van der Waals surface area (Å²) in [7, 11) is 1.69. The van der Waals surface area contributed by atoms with Crippen molar-refractivity contribution >= 4 is 11.3 Å². The second-order valence-corrected chi connectivity index (χ2v) is 6.72. The van der Waals surface area contributed by atoms with Gasteiger partial charge in [0, 0.05) is 24.2 Å². The van der Waals surface area contributed by atoms with E-state index >= 15 is 0 Å². The van der Waals surface area contributed by atoms with E-state index in [4.69, 9.17) is 9.72 Å². The van der Waals surface area contributed by atoms with Crippen molar-refractivity contribution in [3.05, 3.63) is 53.3 Å². The SMILES string of the molecule is COc1ccccc1-c1nc(CN[C@@H](C)Cn2cc(C)cn2)cs1. The van der Waals surface area contributed by atoms with E-state index in [0.717, 1.165) is 35.1 Å². The average Bonchev–Trinajstić information content (AvgIpc) is 3.22. The lowest BCUT2D eigenvalue weighted by Crippen LogP contribution is -2.30. The number of thiazole rings is 1. The Morgan fingerprint density at radius 3 is 2.92 bits per heavy atom. The van der Waals surface area contributed by atoms with Gasteiger partial charge in [-0.1, -0.05) is 12.1 Å². The highest BCUT2D eigenvalue weighted by molar-refractivity contribution is 7.13. The second-order valence-electron chi connectivity index (χ2n) is 5.87. The van der Waals surface area contributed by atoms with Crippen LogP contribution in [0.2, 0.25) is 0 Å². The first-order valence-electron chi connectivity index (χ1n) is 7.96. The molecular weight excluding hydrogens is 320 g/mol. The van der Waals surface area contributed by atoms with Crippen LogP contribution < -0.4 is 10.1 Å². The third-order valence-corrected chi connectivity index (χ3v) is 4.67. The second kappa shape index (κ2) is 7.59. The summed E-state index contributed by atoms with van der Waals surface area (Å²) in [4.78, 5) is 4.73. The minimum absolute atomic E-state index is 0.320. The summed E-state index contributed by atoms with van der Waals surface area (Å²) in [6.45, 7) is 5.80. The number of hydrogen-bond acceptors (Lipinski definition) is 5. The Morgan fingerprint density at radius 1 is 1.33 bits per heavy atom. The van der Waals surface area contributed by atoms with Gasteiger partial charge in [0.1, 0.15) is 10.8 Å². The molecule has 0 saturated heterocycles. The van der Waals surface area contributed by atoms with Crippen molar-refractivity contribution in [1.29, 1.82) is 0 Å². The fraction of sp³-hybridized carbons (Fsp3) is 0.333. The Bertz CT molecular complexity index is 796. The van der Waals surface area contributed by atoms with Crippen molar-refractivity contribution in [1.82, 2.24) is 20.1 Å². The summed E-state index contributed by atoms with van der Waals surface area (Å²) in [6.07, 6.45) is 3.94. The molecule has 0 aliphatic carbocycles. The van der Waals surface area contributed by atoms with E-state index < -0.39 is 0 Å². The van der Waals surface area contributed by atoms with Crippen molar-refractivity contribution < 1.29 is 4.74 Å². The van der Waals surface area contributed by atoms with Gasteiger partial charge in [-0.15, -0.1) is 11.3 Å². The molecule has 0 amide bonds. The maximum absolute atomic E-state index is 5.42. The largest absolute Gasteiger partial charge is 0.496 e. The number of hydrogen-bond donors (Lipinski definition) is 1. The Labute approximate surface area is 146 Å². The predicted octanol–water partition coefficient (Wildman–Crippen LogP) is 3.50. The van der Waals surface area contributed by atoms with Crippen LogP contribution in [0.5, 0.6) is 5.75 Å². The average molecular weight is 342 g/mol. The zero-order chi connectivity index (χ0) is 16.9. The molecule has 3 aromatic rings. The minimum Gasteiger partial charge on any atom is -0.496 e. The Hall–Kier alpha value is -2.18. The van der Waals surface area contributed by atoms with Gasteiger partial charge in [0.2, 0.25) is 0 Å². The van der Waals surface area contributed by atoms with E-state index in [9.17, 15) is 0 Å². The number of nitrogens with zero attached hydrogens (tertiary/aromatic N) is 3. The number of aryl methyl sites for hydroxylation is 1. The van der Waals surface area contributed by atoms with Crippen LogP contribution in [0.3, 0.4) is 0 Å². The topological polar surface area (TPSA) is 52.0 Å². The van der Waals surface area contributed by atoms with E-state index in [-0.39, 0.29) is 0 Å². The quantitative estimate of drug-likeness (QED) is 0.714. The Kier molecular flexibility index (Phi) is 5.27. The molecule has 1 aromatic carbocycles. The molecule has 126 valence electrons. The molecule has 0 unspecified atom stereocenters. The van der Waals surface area contributed by atoms with Crippen molar-refractivity contribution in [3.8, 4) is 16.3 Å². The molecule has 6 heteroatoms. The monoisotopic (exact) mass is 342 g/mol. The van der Waals surface area contributed by atoms with Gasteiger partial charge in [-0.2, -0.15) is 5.10 Å². The number of methoxy groups -OCH3 is 1. The third-order valence-electron chi connectivity index (χ3n) is 3.74. The number of para-hydroxylation sites is 1. The molecule has 0 spiro atoms. The maximum Gasteiger partial charge on any atom is 0.129 e. The molecule has 1 N–H and O–H groups in total. The highest BCUT2D eigenvalue weighted by Crippen LogP contribution is 2.31. The molecule has 0 aliphatic rings. The number of ether oxygens (including phenoxy) is 1. The molecule has 2 heterocycles. The first-order valence-corrected chi connectivity index (χ1v) is 8.84. The molecular formula is C18H22N4OS. The van der Waals surface area contributed by atoms with E-state index in [1.165, 1.54) is 5.56 Å². The summed E-state index contributed by atoms with van der Waals surface area (Å²) in [5, 5.41) is 10.9. The molecule has 0 aliphatic heterocycles. The summed E-state index contributed by atoms with van der Waals surface area (Å²) in [5.41, 5.74) is 3.27. The lowest BCUT2D eigenvalue weighted by molar-refractivity contribution is 0.416. The smallest absolute Gasteiger partial charge is 0.129 e. The lowest BCUT2D eigenvalue weighted by Gasteiger charge is -2.12. The van der Waals surface area contributed by atoms with Crippen LogP contribution in [0.1, 0.15) is 18.2 Å². The first-order chi connectivity index (χ1) is 11.7. The van der Waals surface area contributed by atoms with Gasteiger partial charge in [0.05, 0.1) is 31.1 Å². The zero-order valence-electron chi connectivity index (χ0n) is 14.2. The van der Waals surface area contributed by atoms with Crippen LogP contribution in [0.4, 0.5) is 0 Å². The Morgan fingerprint density at radius 2 is 2.17 bits per heavy atom. The van der Waals surface area contributed by atoms with Crippen LogP contribution in [0.25, 0.3) is 10.6 Å². The summed E-state index contributed by atoms with van der Waals surface area (Å²) in [6, 6.07) is 8.30. The number of aromatic nitrogens is 3. The van der Waals surface area contributed by atoms with Gasteiger partial charge in [-0.25, -0.2) is 4.98 Å². The summed E-state index contributed by atoms with van der Waals surface area (Å²) in [5.74, 6) is 0.855. The van der Waals surface area contributed by atoms with Gasteiger partial charge in [0.25, 0.3) is 0 Å². The molecule has 2 aromatic heterocycles. The number of nitrogens with one attached hydrogen (secondary N) is 1. The molecule has 5 nitrogen and oxygen atoms in total. The molecule has 0 radical (unpaired) electrons. The fourth-order valence-corrected chi connectivity index (χ4v) is 3.37. The Balaban J connectivity index is 1.60. The highest BCUT2D eigenvalue weighted by Gasteiger charge is 2.10. The number of benzene rings is 1. The van der Waals surface area contributed by atoms with Gasteiger partial charge < -0.3 is 10.1 Å². The molecule has 0 bridgehead atoms. The molecule has 0 saturated carbocycles. The molecule has 0 fully saturated rings. The van der Waals surface area contributed by atoms with Crippen LogP contribution in [-0.2, 0) is 13.1 Å². The van der Waals surface area contributed by atoms with Crippen molar-refractivity contribution in [2.24, 2.45) is 0 Å². The van der Waals surface area contributed by atoms with E-state index in [1.54, 1.807) is 18.4 Å². The molecule has 3 rings (SSSR count). The zero-order valence-corrected chi connectivity index (χ0v) is 15.0. The van der Waals surface area contributed by atoms with Crippen LogP contribution in [-0.4, -0.2) is 27.9 Å². The van der Waals surface area contributed by atoms with Gasteiger partial charge in [0.15, 0.2) is 0 Å². The fourth-order valence-electron chi connectivity index (χ4n) is 2.52. The van der Waals surface area contributed by atoms with Gasteiger partial charge >= 0.3 is 0 Å². The summed E-state index contributed by atoms with van der Waals surface area (Å²) < 4.78 is 7.38. The lowest BCUT2D eigenvalue weighted by atomic mass is 10.2. The van der Waals surface area contributed by atoms with Gasteiger partial charge in [-0.05, 0) is 31.5 Å². The van der Waals surface area contributed by atoms with E-state index in [2.05, 4.69) is 35.8 Å². The molecule has 24 heavy (non-hydrogen) atoms. The third kappa shape index (κ3) is 4.01. The standard InChI is InChI=1S/C18H22N4OS/c1-13-8-20-22(10-13)11-14(2)19-9-15-12-24-18(21-15)16-6-4-5-7-17(16)23-3/h4-8,10,12,14,19H,9,11H2,1-3H3/t14-/m0/s1. The number of rotatable bonds is 7. The van der Waals surface area contributed by atoms with Crippen molar-refractivity contribution in [2.45, 2.75) is 33.0 Å². The molecule has 1 atom stereocenters. The van der Waals surface area contributed by atoms with E-state index in [0.29, 0.717) is 6.04 Å². The van der Waals surface area contributed by atoms with E-state index in [1.807, 2.05) is 35.1 Å². The van der Waals surface area contributed by atoms with Crippen LogP contribution in [0, 0.1) is 6.92 Å². The summed E-state index contributed by atoms with van der Waals surface area (Å²) >= 11 is 1.64. The van der Waals surface area contributed by atoms with Crippen molar-refractivity contribution in [3.63, 3.8) is 0 Å². The maximum atomic E-state index is 5.42. The van der Waals surface area contributed by atoms with Gasteiger partial charge in [-0.3, -0.25) is 4.68 Å².